The van der Waals surface area contributed by atoms with Crippen molar-refractivity contribution in [3.05, 3.63) is 58.4 Å². The van der Waals surface area contributed by atoms with Gasteiger partial charge in [-0.15, -0.1) is 0 Å². The van der Waals surface area contributed by atoms with Gasteiger partial charge in [0, 0.05) is 18.9 Å². The zero-order valence-corrected chi connectivity index (χ0v) is 14.6. The number of anilines is 1. The van der Waals surface area contributed by atoms with Crippen LogP contribution in [0.1, 0.15) is 22.4 Å². The molecule has 0 unspecified atom stereocenters. The zero-order valence-electron chi connectivity index (χ0n) is 14.6. The molecular weight excluding hydrogens is 318 g/mol. The van der Waals surface area contributed by atoms with Gasteiger partial charge < -0.3 is 4.57 Å². The second-order valence-corrected chi connectivity index (χ2v) is 6.25. The molecule has 1 aliphatic heterocycles. The maximum absolute atomic E-state index is 12.9. The quantitative estimate of drug-likeness (QED) is 0.676. The molecule has 1 saturated heterocycles. The maximum Gasteiger partial charge on any atom is 0.335 e. The Morgan fingerprint density at radius 1 is 1.04 bits per heavy atom. The minimum Gasteiger partial charge on any atom is -0.351 e. The van der Waals surface area contributed by atoms with Crippen LogP contribution in [0.25, 0.3) is 6.08 Å². The number of carbonyl (C=O) groups excluding carboxylic acids is 3. The SMILES string of the molecule is Cc1cc(C)c(N2C(=O)NC(=O)/C(=C/c3cccn3C)C2=O)c(C)c1. The molecule has 0 spiro atoms. The summed E-state index contributed by atoms with van der Waals surface area (Å²) in [5.74, 6) is -1.31. The van der Waals surface area contributed by atoms with Gasteiger partial charge in [-0.05, 0) is 50.1 Å². The Bertz CT molecular complexity index is 914. The second-order valence-electron chi connectivity index (χ2n) is 6.25. The Hall–Kier alpha value is -3.15. The monoisotopic (exact) mass is 337 g/mol. The second kappa shape index (κ2) is 6.05. The predicted molar refractivity (Wildman–Crippen MR) is 95.1 cm³/mol. The fourth-order valence-corrected chi connectivity index (χ4v) is 3.16. The van der Waals surface area contributed by atoms with E-state index in [2.05, 4.69) is 5.32 Å². The van der Waals surface area contributed by atoms with Gasteiger partial charge in [0.2, 0.25) is 0 Å². The molecule has 1 fully saturated rings. The minimum atomic E-state index is -0.728. The molecule has 25 heavy (non-hydrogen) atoms. The summed E-state index contributed by atoms with van der Waals surface area (Å²) in [4.78, 5) is 38.5. The molecule has 1 aromatic carbocycles. The van der Waals surface area contributed by atoms with E-state index in [1.165, 1.54) is 6.08 Å². The summed E-state index contributed by atoms with van der Waals surface area (Å²) < 4.78 is 1.79. The van der Waals surface area contributed by atoms with Gasteiger partial charge in [-0.1, -0.05) is 17.7 Å². The van der Waals surface area contributed by atoms with Crippen molar-refractivity contribution < 1.29 is 14.4 Å². The van der Waals surface area contributed by atoms with Crippen LogP contribution in [0.2, 0.25) is 0 Å². The lowest BCUT2D eigenvalue weighted by atomic mass is 10.0. The number of nitrogens with zero attached hydrogens (tertiary/aromatic N) is 2. The fourth-order valence-electron chi connectivity index (χ4n) is 3.16. The molecule has 0 aliphatic carbocycles. The molecule has 1 aliphatic rings. The molecule has 0 bridgehead atoms. The number of urea groups is 1. The van der Waals surface area contributed by atoms with Gasteiger partial charge in [-0.3, -0.25) is 14.9 Å². The number of aryl methyl sites for hydroxylation is 4. The third-order valence-corrected chi connectivity index (χ3v) is 4.24. The van der Waals surface area contributed by atoms with E-state index < -0.39 is 17.8 Å². The summed E-state index contributed by atoms with van der Waals surface area (Å²) in [5.41, 5.74) is 3.78. The topological polar surface area (TPSA) is 71.4 Å². The van der Waals surface area contributed by atoms with Gasteiger partial charge in [-0.25, -0.2) is 9.69 Å². The molecular formula is C19H19N3O3. The predicted octanol–water partition coefficient (Wildman–Crippen LogP) is 2.62. The van der Waals surface area contributed by atoms with Crippen molar-refractivity contribution in [1.29, 1.82) is 0 Å². The molecule has 6 nitrogen and oxygen atoms in total. The van der Waals surface area contributed by atoms with E-state index in [0.717, 1.165) is 21.6 Å². The van der Waals surface area contributed by atoms with Crippen molar-refractivity contribution >= 4 is 29.6 Å². The number of amides is 4. The van der Waals surface area contributed by atoms with Crippen LogP contribution in [0.15, 0.2) is 36.0 Å². The fraction of sp³-hybridized carbons (Fsp3) is 0.211. The lowest BCUT2D eigenvalue weighted by Crippen LogP contribution is -2.54. The van der Waals surface area contributed by atoms with Crippen molar-refractivity contribution in [1.82, 2.24) is 9.88 Å². The third-order valence-electron chi connectivity index (χ3n) is 4.24. The molecule has 1 aromatic heterocycles. The van der Waals surface area contributed by atoms with E-state index in [4.69, 9.17) is 0 Å². The van der Waals surface area contributed by atoms with E-state index in [-0.39, 0.29) is 5.57 Å². The highest BCUT2D eigenvalue weighted by molar-refractivity contribution is 6.39. The Labute approximate surface area is 145 Å². The summed E-state index contributed by atoms with van der Waals surface area (Å²) in [7, 11) is 1.81. The van der Waals surface area contributed by atoms with E-state index in [1.54, 1.807) is 10.6 Å². The van der Waals surface area contributed by atoms with Crippen LogP contribution >= 0.6 is 0 Å². The normalized spacial score (nSPS) is 16.6. The highest BCUT2D eigenvalue weighted by Gasteiger charge is 2.38. The van der Waals surface area contributed by atoms with Gasteiger partial charge in [0.05, 0.1) is 5.69 Å². The standard InChI is InChI=1S/C19H19N3O3/c1-11-8-12(2)16(13(3)9-11)22-18(24)15(17(23)20-19(22)25)10-14-6-5-7-21(14)4/h5-10H,1-4H3,(H,20,23,25)/b15-10-. The molecule has 3 rings (SSSR count). The van der Waals surface area contributed by atoms with Crippen molar-refractivity contribution in [3.8, 4) is 0 Å². The first-order valence-electron chi connectivity index (χ1n) is 7.90. The first-order chi connectivity index (χ1) is 11.8. The molecule has 0 atom stereocenters. The molecule has 2 aromatic rings. The van der Waals surface area contributed by atoms with Crippen molar-refractivity contribution in [2.75, 3.05) is 4.90 Å². The Kier molecular flexibility index (Phi) is 4.04. The van der Waals surface area contributed by atoms with Crippen LogP contribution < -0.4 is 10.2 Å². The van der Waals surface area contributed by atoms with Crippen molar-refractivity contribution in [3.63, 3.8) is 0 Å². The molecule has 1 N–H and O–H groups in total. The van der Waals surface area contributed by atoms with Crippen molar-refractivity contribution in [2.45, 2.75) is 20.8 Å². The lowest BCUT2D eigenvalue weighted by molar-refractivity contribution is -0.122. The van der Waals surface area contributed by atoms with Crippen LogP contribution in [-0.2, 0) is 16.6 Å². The van der Waals surface area contributed by atoms with Crippen LogP contribution in [0, 0.1) is 20.8 Å². The summed E-state index contributed by atoms with van der Waals surface area (Å²) in [5, 5.41) is 2.26. The Morgan fingerprint density at radius 2 is 1.68 bits per heavy atom. The van der Waals surface area contributed by atoms with Gasteiger partial charge in [-0.2, -0.15) is 0 Å². The van der Waals surface area contributed by atoms with E-state index >= 15 is 0 Å². The number of rotatable bonds is 2. The van der Waals surface area contributed by atoms with Gasteiger partial charge >= 0.3 is 6.03 Å². The molecule has 4 amide bonds. The third kappa shape index (κ3) is 2.87. The van der Waals surface area contributed by atoms with Crippen molar-refractivity contribution in [2.24, 2.45) is 7.05 Å². The summed E-state index contributed by atoms with van der Waals surface area (Å²) in [6, 6.07) is 6.68. The number of aromatic nitrogens is 1. The smallest absolute Gasteiger partial charge is 0.335 e. The van der Waals surface area contributed by atoms with E-state index in [0.29, 0.717) is 11.4 Å². The number of barbiturate groups is 1. The highest BCUT2D eigenvalue weighted by Crippen LogP contribution is 2.29. The number of hydrogen-bond acceptors (Lipinski definition) is 3. The number of benzene rings is 1. The maximum atomic E-state index is 12.9. The zero-order chi connectivity index (χ0) is 18.3. The first kappa shape index (κ1) is 16.7. The van der Waals surface area contributed by atoms with E-state index in [9.17, 15) is 14.4 Å². The molecule has 2 heterocycles. The van der Waals surface area contributed by atoms with Gasteiger partial charge in [0.1, 0.15) is 5.57 Å². The highest BCUT2D eigenvalue weighted by atomic mass is 16.2. The van der Waals surface area contributed by atoms with Gasteiger partial charge in [0.25, 0.3) is 11.8 Å². The molecule has 128 valence electrons. The van der Waals surface area contributed by atoms with Crippen LogP contribution in [0.5, 0.6) is 0 Å². The first-order valence-corrected chi connectivity index (χ1v) is 7.90. The molecule has 0 radical (unpaired) electrons. The van der Waals surface area contributed by atoms with Crippen LogP contribution in [-0.4, -0.2) is 22.4 Å². The number of nitrogens with one attached hydrogen (secondary N) is 1. The van der Waals surface area contributed by atoms with Crippen LogP contribution in [0.3, 0.4) is 0 Å². The Balaban J connectivity index is 2.11. The molecule has 0 saturated carbocycles. The number of imide groups is 2. The summed E-state index contributed by atoms with van der Waals surface area (Å²) in [6.07, 6.45) is 3.31. The summed E-state index contributed by atoms with van der Waals surface area (Å²) >= 11 is 0. The average Bonchev–Trinajstić information content (AvgIpc) is 2.91. The van der Waals surface area contributed by atoms with E-state index in [1.807, 2.05) is 52.2 Å². The largest absolute Gasteiger partial charge is 0.351 e. The molecule has 6 heteroatoms. The van der Waals surface area contributed by atoms with Gasteiger partial charge in [0.15, 0.2) is 0 Å². The lowest BCUT2D eigenvalue weighted by Gasteiger charge is -2.29. The summed E-state index contributed by atoms with van der Waals surface area (Å²) in [6.45, 7) is 5.63. The minimum absolute atomic E-state index is 0.0687. The number of hydrogen-bond donors (Lipinski definition) is 1. The average molecular weight is 337 g/mol. The van der Waals surface area contributed by atoms with Crippen LogP contribution in [0.4, 0.5) is 10.5 Å². The number of carbonyl (C=O) groups is 3. The Morgan fingerprint density at radius 3 is 2.24 bits per heavy atom.